The molecular formula is C14H23NO2. The second kappa shape index (κ2) is 6.22. The molecule has 1 aliphatic carbocycles. The summed E-state index contributed by atoms with van der Waals surface area (Å²) in [5.74, 6) is 2.69. The van der Waals surface area contributed by atoms with Crippen molar-refractivity contribution in [3.8, 4) is 0 Å². The Morgan fingerprint density at radius 1 is 1.35 bits per heavy atom. The zero-order valence-corrected chi connectivity index (χ0v) is 10.9. The molecule has 3 heteroatoms. The SMILES string of the molecule is CNC(c1ccc(COC)o1)C1CCCCC1. The molecule has 1 aromatic heterocycles. The Hall–Kier alpha value is -0.800. The molecule has 3 nitrogen and oxygen atoms in total. The highest BCUT2D eigenvalue weighted by Crippen LogP contribution is 2.34. The molecule has 1 heterocycles. The Labute approximate surface area is 104 Å². The maximum Gasteiger partial charge on any atom is 0.129 e. The summed E-state index contributed by atoms with van der Waals surface area (Å²) in [6, 6.07) is 4.47. The molecule has 0 amide bonds. The van der Waals surface area contributed by atoms with Crippen LogP contribution in [-0.4, -0.2) is 14.2 Å². The number of hydrogen-bond acceptors (Lipinski definition) is 3. The average molecular weight is 237 g/mol. The highest BCUT2D eigenvalue weighted by molar-refractivity contribution is 5.11. The van der Waals surface area contributed by atoms with E-state index >= 15 is 0 Å². The van der Waals surface area contributed by atoms with Crippen molar-refractivity contribution in [1.29, 1.82) is 0 Å². The molecule has 1 aromatic rings. The van der Waals surface area contributed by atoms with E-state index in [1.54, 1.807) is 7.11 Å². The van der Waals surface area contributed by atoms with Crippen molar-refractivity contribution in [2.45, 2.75) is 44.8 Å². The molecule has 1 unspecified atom stereocenters. The third kappa shape index (κ3) is 3.11. The molecule has 1 aliphatic rings. The van der Waals surface area contributed by atoms with E-state index in [1.165, 1.54) is 32.1 Å². The largest absolute Gasteiger partial charge is 0.462 e. The zero-order valence-electron chi connectivity index (χ0n) is 10.9. The topological polar surface area (TPSA) is 34.4 Å². The first-order chi connectivity index (χ1) is 8.35. The number of nitrogens with one attached hydrogen (secondary N) is 1. The maximum atomic E-state index is 5.84. The van der Waals surface area contributed by atoms with Gasteiger partial charge in [0.2, 0.25) is 0 Å². The minimum absolute atomic E-state index is 0.362. The van der Waals surface area contributed by atoms with Gasteiger partial charge in [-0.1, -0.05) is 19.3 Å². The van der Waals surface area contributed by atoms with Gasteiger partial charge in [-0.2, -0.15) is 0 Å². The highest BCUT2D eigenvalue weighted by Gasteiger charge is 2.26. The summed E-state index contributed by atoms with van der Waals surface area (Å²) in [6.07, 6.45) is 6.72. The molecule has 0 aromatic carbocycles. The second-order valence-electron chi connectivity index (χ2n) is 4.90. The number of hydrogen-bond donors (Lipinski definition) is 1. The van der Waals surface area contributed by atoms with E-state index in [-0.39, 0.29) is 0 Å². The lowest BCUT2D eigenvalue weighted by Crippen LogP contribution is -2.26. The third-order valence-corrected chi connectivity index (χ3v) is 3.71. The molecule has 0 radical (unpaired) electrons. The van der Waals surface area contributed by atoms with Gasteiger partial charge in [-0.25, -0.2) is 0 Å². The van der Waals surface area contributed by atoms with E-state index in [1.807, 2.05) is 13.1 Å². The summed E-state index contributed by atoms with van der Waals surface area (Å²) >= 11 is 0. The Balaban J connectivity index is 2.04. The van der Waals surface area contributed by atoms with E-state index in [4.69, 9.17) is 9.15 Å². The fourth-order valence-corrected chi connectivity index (χ4v) is 2.86. The van der Waals surface area contributed by atoms with Gasteiger partial charge in [-0.15, -0.1) is 0 Å². The molecular weight excluding hydrogens is 214 g/mol. The van der Waals surface area contributed by atoms with E-state index in [0.29, 0.717) is 12.6 Å². The summed E-state index contributed by atoms with van der Waals surface area (Å²) in [6.45, 7) is 0.557. The van der Waals surface area contributed by atoms with Crippen molar-refractivity contribution in [3.05, 3.63) is 23.7 Å². The van der Waals surface area contributed by atoms with Crippen LogP contribution in [0.1, 0.15) is 49.7 Å². The van der Waals surface area contributed by atoms with E-state index in [9.17, 15) is 0 Å². The normalized spacial score (nSPS) is 19.4. The molecule has 0 bridgehead atoms. The van der Waals surface area contributed by atoms with Crippen molar-refractivity contribution in [2.24, 2.45) is 5.92 Å². The molecule has 0 aliphatic heterocycles. The standard InChI is InChI=1S/C14H23NO2/c1-15-14(11-6-4-3-5-7-11)13-9-8-12(17-13)10-16-2/h8-9,11,14-15H,3-7,10H2,1-2H3. The number of furan rings is 1. The van der Waals surface area contributed by atoms with Crippen LogP contribution in [-0.2, 0) is 11.3 Å². The van der Waals surface area contributed by atoms with Gasteiger partial charge in [0.05, 0.1) is 6.04 Å². The summed E-state index contributed by atoms with van der Waals surface area (Å²) in [4.78, 5) is 0. The Kier molecular flexibility index (Phi) is 4.63. The van der Waals surface area contributed by atoms with E-state index in [0.717, 1.165) is 17.4 Å². The van der Waals surface area contributed by atoms with Gasteiger partial charge in [-0.05, 0) is 37.9 Å². The van der Waals surface area contributed by atoms with Crippen LogP contribution in [0.3, 0.4) is 0 Å². The summed E-state index contributed by atoms with van der Waals surface area (Å²) in [5.41, 5.74) is 0. The van der Waals surface area contributed by atoms with Gasteiger partial charge < -0.3 is 14.5 Å². The van der Waals surface area contributed by atoms with Crippen LogP contribution in [0.2, 0.25) is 0 Å². The van der Waals surface area contributed by atoms with Crippen molar-refractivity contribution >= 4 is 0 Å². The summed E-state index contributed by atoms with van der Waals surface area (Å²) in [5, 5.41) is 3.41. The van der Waals surface area contributed by atoms with Crippen molar-refractivity contribution in [3.63, 3.8) is 0 Å². The van der Waals surface area contributed by atoms with Gasteiger partial charge >= 0.3 is 0 Å². The predicted octanol–water partition coefficient (Wildman–Crippen LogP) is 3.27. The number of methoxy groups -OCH3 is 1. The smallest absolute Gasteiger partial charge is 0.129 e. The van der Waals surface area contributed by atoms with Crippen molar-refractivity contribution < 1.29 is 9.15 Å². The third-order valence-electron chi connectivity index (χ3n) is 3.71. The Morgan fingerprint density at radius 3 is 2.76 bits per heavy atom. The predicted molar refractivity (Wildman–Crippen MR) is 67.8 cm³/mol. The molecule has 1 saturated carbocycles. The van der Waals surface area contributed by atoms with Gasteiger partial charge in [0.1, 0.15) is 18.1 Å². The lowest BCUT2D eigenvalue weighted by molar-refractivity contribution is 0.158. The monoisotopic (exact) mass is 237 g/mol. The fraction of sp³-hybridized carbons (Fsp3) is 0.714. The van der Waals surface area contributed by atoms with E-state index < -0.39 is 0 Å². The van der Waals surface area contributed by atoms with E-state index in [2.05, 4.69) is 11.4 Å². The van der Waals surface area contributed by atoms with Gasteiger partial charge in [-0.3, -0.25) is 0 Å². The molecule has 2 rings (SSSR count). The quantitative estimate of drug-likeness (QED) is 0.853. The first-order valence-electron chi connectivity index (χ1n) is 6.60. The van der Waals surface area contributed by atoms with Crippen LogP contribution in [0.5, 0.6) is 0 Å². The molecule has 0 spiro atoms. The van der Waals surface area contributed by atoms with Gasteiger partial charge in [0.15, 0.2) is 0 Å². The summed E-state index contributed by atoms with van der Waals surface area (Å²) in [7, 11) is 3.72. The number of rotatable bonds is 5. The van der Waals surface area contributed by atoms with Crippen molar-refractivity contribution in [1.82, 2.24) is 5.32 Å². The Bertz CT molecular complexity index is 329. The molecule has 1 fully saturated rings. The van der Waals surface area contributed by atoms with Crippen LogP contribution in [0.15, 0.2) is 16.5 Å². The lowest BCUT2D eigenvalue weighted by atomic mass is 9.83. The summed E-state index contributed by atoms with van der Waals surface area (Å²) < 4.78 is 10.9. The van der Waals surface area contributed by atoms with Crippen LogP contribution in [0.25, 0.3) is 0 Å². The fourth-order valence-electron chi connectivity index (χ4n) is 2.86. The maximum absolute atomic E-state index is 5.84. The zero-order chi connectivity index (χ0) is 12.1. The average Bonchev–Trinajstić information content (AvgIpc) is 2.81. The minimum Gasteiger partial charge on any atom is -0.462 e. The minimum atomic E-state index is 0.362. The van der Waals surface area contributed by atoms with Crippen LogP contribution < -0.4 is 5.32 Å². The Morgan fingerprint density at radius 2 is 2.12 bits per heavy atom. The van der Waals surface area contributed by atoms with Crippen LogP contribution in [0, 0.1) is 5.92 Å². The first kappa shape index (κ1) is 12.7. The van der Waals surface area contributed by atoms with Gasteiger partial charge in [0.25, 0.3) is 0 Å². The molecule has 1 N–H and O–H groups in total. The lowest BCUT2D eigenvalue weighted by Gasteiger charge is -2.28. The highest BCUT2D eigenvalue weighted by atomic mass is 16.5. The first-order valence-corrected chi connectivity index (χ1v) is 6.60. The second-order valence-corrected chi connectivity index (χ2v) is 4.90. The molecule has 0 saturated heterocycles. The molecule has 17 heavy (non-hydrogen) atoms. The molecule has 1 atom stereocenters. The number of ether oxygens (including phenoxy) is 1. The van der Waals surface area contributed by atoms with Crippen LogP contribution >= 0.6 is 0 Å². The van der Waals surface area contributed by atoms with Crippen molar-refractivity contribution in [2.75, 3.05) is 14.2 Å². The molecule has 96 valence electrons. The van der Waals surface area contributed by atoms with Gasteiger partial charge in [0, 0.05) is 7.11 Å². The van der Waals surface area contributed by atoms with Crippen LogP contribution in [0.4, 0.5) is 0 Å².